The zero-order valence-electron chi connectivity index (χ0n) is 11.4. The monoisotopic (exact) mass is 357 g/mol. The van der Waals surface area contributed by atoms with Crippen LogP contribution in [0, 0.1) is 0 Å². The SMILES string of the molecule is Nc1cccc2[nH]c(=O)c(C(=O)Nc3ccc(Br)cc3)cc12. The van der Waals surface area contributed by atoms with Crippen LogP contribution in [0.3, 0.4) is 0 Å². The number of nitrogen functional groups attached to an aromatic ring is 1. The number of aromatic nitrogens is 1. The highest BCUT2D eigenvalue weighted by Gasteiger charge is 2.13. The van der Waals surface area contributed by atoms with Gasteiger partial charge in [-0.15, -0.1) is 0 Å². The third-order valence-corrected chi connectivity index (χ3v) is 3.80. The van der Waals surface area contributed by atoms with E-state index in [-0.39, 0.29) is 5.56 Å². The minimum absolute atomic E-state index is 0.0216. The zero-order chi connectivity index (χ0) is 15.7. The second-order valence-corrected chi connectivity index (χ2v) is 5.70. The number of anilines is 2. The van der Waals surface area contributed by atoms with Crippen molar-refractivity contribution in [3.8, 4) is 0 Å². The number of benzene rings is 2. The summed E-state index contributed by atoms with van der Waals surface area (Å²) in [6.45, 7) is 0. The largest absolute Gasteiger partial charge is 0.398 e. The number of amides is 1. The number of hydrogen-bond donors (Lipinski definition) is 3. The van der Waals surface area contributed by atoms with Gasteiger partial charge in [0.05, 0.1) is 5.52 Å². The average molecular weight is 358 g/mol. The van der Waals surface area contributed by atoms with Gasteiger partial charge in [-0.25, -0.2) is 0 Å². The molecule has 4 N–H and O–H groups in total. The Labute approximate surface area is 134 Å². The summed E-state index contributed by atoms with van der Waals surface area (Å²) in [6.07, 6.45) is 0. The predicted molar refractivity (Wildman–Crippen MR) is 91.1 cm³/mol. The van der Waals surface area contributed by atoms with E-state index in [1.165, 1.54) is 6.07 Å². The predicted octanol–water partition coefficient (Wildman–Crippen LogP) is 3.13. The van der Waals surface area contributed by atoms with Crippen molar-refractivity contribution in [3.63, 3.8) is 0 Å². The molecule has 0 aliphatic heterocycles. The number of rotatable bonds is 2. The normalized spacial score (nSPS) is 10.6. The summed E-state index contributed by atoms with van der Waals surface area (Å²) in [4.78, 5) is 27.0. The van der Waals surface area contributed by atoms with Crippen molar-refractivity contribution in [2.75, 3.05) is 11.1 Å². The topological polar surface area (TPSA) is 88.0 Å². The van der Waals surface area contributed by atoms with Gasteiger partial charge in [0.15, 0.2) is 0 Å². The summed E-state index contributed by atoms with van der Waals surface area (Å²) in [7, 11) is 0. The van der Waals surface area contributed by atoms with Gasteiger partial charge in [0, 0.05) is 21.2 Å². The Morgan fingerprint density at radius 3 is 2.59 bits per heavy atom. The minimum atomic E-state index is -0.478. The molecule has 3 aromatic rings. The highest BCUT2D eigenvalue weighted by atomic mass is 79.9. The molecule has 6 heteroatoms. The number of nitrogens with one attached hydrogen (secondary N) is 2. The van der Waals surface area contributed by atoms with Crippen molar-refractivity contribution in [2.45, 2.75) is 0 Å². The van der Waals surface area contributed by atoms with Crippen LogP contribution in [-0.2, 0) is 0 Å². The maximum absolute atomic E-state index is 12.3. The number of carbonyl (C=O) groups is 1. The van der Waals surface area contributed by atoms with Gasteiger partial charge < -0.3 is 16.0 Å². The Morgan fingerprint density at radius 2 is 1.86 bits per heavy atom. The molecule has 2 aromatic carbocycles. The summed E-state index contributed by atoms with van der Waals surface area (Å²) >= 11 is 3.32. The fourth-order valence-corrected chi connectivity index (χ4v) is 2.42. The highest BCUT2D eigenvalue weighted by Crippen LogP contribution is 2.19. The Hall–Kier alpha value is -2.60. The molecule has 0 unspecified atom stereocenters. The van der Waals surface area contributed by atoms with Crippen LogP contribution in [0.5, 0.6) is 0 Å². The molecule has 0 bridgehead atoms. The lowest BCUT2D eigenvalue weighted by Gasteiger charge is -2.07. The Balaban J connectivity index is 2.00. The molecular weight excluding hydrogens is 346 g/mol. The molecule has 1 heterocycles. The molecular formula is C16H12BrN3O2. The first-order chi connectivity index (χ1) is 10.5. The summed E-state index contributed by atoms with van der Waals surface area (Å²) in [5.74, 6) is -0.478. The second-order valence-electron chi connectivity index (χ2n) is 4.78. The molecule has 22 heavy (non-hydrogen) atoms. The fourth-order valence-electron chi connectivity index (χ4n) is 2.15. The molecule has 3 rings (SSSR count). The maximum atomic E-state index is 12.3. The number of pyridine rings is 1. The molecule has 1 amide bonds. The third-order valence-electron chi connectivity index (χ3n) is 3.27. The molecule has 1 aromatic heterocycles. The molecule has 0 saturated heterocycles. The summed E-state index contributed by atoms with van der Waals surface area (Å²) in [5, 5.41) is 3.33. The number of carbonyl (C=O) groups excluding carboxylic acids is 1. The number of halogens is 1. The molecule has 0 saturated carbocycles. The van der Waals surface area contributed by atoms with Crippen molar-refractivity contribution < 1.29 is 4.79 Å². The van der Waals surface area contributed by atoms with E-state index in [0.717, 1.165) is 4.47 Å². The van der Waals surface area contributed by atoms with Gasteiger partial charge in [-0.1, -0.05) is 22.0 Å². The van der Waals surface area contributed by atoms with Crippen molar-refractivity contribution in [1.29, 1.82) is 0 Å². The molecule has 0 spiro atoms. The zero-order valence-corrected chi connectivity index (χ0v) is 13.0. The number of hydrogen-bond acceptors (Lipinski definition) is 3. The van der Waals surface area contributed by atoms with Crippen LogP contribution in [0.1, 0.15) is 10.4 Å². The van der Waals surface area contributed by atoms with Crippen LogP contribution in [0.25, 0.3) is 10.9 Å². The fraction of sp³-hybridized carbons (Fsp3) is 0. The van der Waals surface area contributed by atoms with E-state index in [1.54, 1.807) is 42.5 Å². The van der Waals surface area contributed by atoms with Gasteiger partial charge in [0.25, 0.3) is 11.5 Å². The van der Waals surface area contributed by atoms with E-state index in [2.05, 4.69) is 26.2 Å². The van der Waals surface area contributed by atoms with Gasteiger partial charge in [0.1, 0.15) is 5.56 Å². The van der Waals surface area contributed by atoms with E-state index in [4.69, 9.17) is 5.73 Å². The summed E-state index contributed by atoms with van der Waals surface area (Å²) in [6, 6.07) is 13.8. The van der Waals surface area contributed by atoms with Crippen LogP contribution < -0.4 is 16.6 Å². The van der Waals surface area contributed by atoms with Gasteiger partial charge in [-0.05, 0) is 42.5 Å². The van der Waals surface area contributed by atoms with E-state index >= 15 is 0 Å². The van der Waals surface area contributed by atoms with Crippen LogP contribution in [-0.4, -0.2) is 10.9 Å². The number of aromatic amines is 1. The first kappa shape index (κ1) is 14.3. The van der Waals surface area contributed by atoms with Gasteiger partial charge in [-0.3, -0.25) is 9.59 Å². The quantitative estimate of drug-likeness (QED) is 0.615. The van der Waals surface area contributed by atoms with Gasteiger partial charge in [0.2, 0.25) is 0 Å². The van der Waals surface area contributed by atoms with E-state index < -0.39 is 11.5 Å². The van der Waals surface area contributed by atoms with Crippen LogP contribution in [0.4, 0.5) is 11.4 Å². The lowest BCUT2D eigenvalue weighted by molar-refractivity contribution is 0.102. The average Bonchev–Trinajstić information content (AvgIpc) is 2.49. The summed E-state index contributed by atoms with van der Waals surface area (Å²) < 4.78 is 0.904. The minimum Gasteiger partial charge on any atom is -0.398 e. The highest BCUT2D eigenvalue weighted by molar-refractivity contribution is 9.10. The molecule has 0 radical (unpaired) electrons. The van der Waals surface area contributed by atoms with Crippen molar-refractivity contribution in [2.24, 2.45) is 0 Å². The molecule has 0 aliphatic carbocycles. The molecule has 110 valence electrons. The Kier molecular flexibility index (Phi) is 3.68. The van der Waals surface area contributed by atoms with Crippen molar-refractivity contribution in [3.05, 3.63) is 68.9 Å². The number of nitrogens with two attached hydrogens (primary N) is 1. The van der Waals surface area contributed by atoms with E-state index in [1.807, 2.05) is 0 Å². The molecule has 0 fully saturated rings. The Bertz CT molecular complexity index is 917. The van der Waals surface area contributed by atoms with Gasteiger partial charge >= 0.3 is 0 Å². The van der Waals surface area contributed by atoms with E-state index in [9.17, 15) is 9.59 Å². The first-order valence-electron chi connectivity index (χ1n) is 6.53. The van der Waals surface area contributed by atoms with Crippen molar-refractivity contribution in [1.82, 2.24) is 4.98 Å². The standard InChI is InChI=1S/C16H12BrN3O2/c17-9-4-6-10(7-5-9)19-15(21)12-8-11-13(18)2-1-3-14(11)20-16(12)22/h1-8H,18H2,(H,19,21)(H,20,22). The first-order valence-corrected chi connectivity index (χ1v) is 7.32. The van der Waals surface area contributed by atoms with Crippen molar-refractivity contribution >= 4 is 44.1 Å². The number of H-pyrrole nitrogens is 1. The van der Waals surface area contributed by atoms with Crippen LogP contribution in [0.2, 0.25) is 0 Å². The molecule has 0 atom stereocenters. The van der Waals surface area contributed by atoms with Crippen LogP contribution >= 0.6 is 15.9 Å². The maximum Gasteiger partial charge on any atom is 0.261 e. The second kappa shape index (κ2) is 5.65. The van der Waals surface area contributed by atoms with Crippen LogP contribution in [0.15, 0.2) is 57.8 Å². The smallest absolute Gasteiger partial charge is 0.261 e. The number of fused-ring (bicyclic) bond motifs is 1. The summed E-state index contributed by atoms with van der Waals surface area (Å²) in [5.41, 5.74) is 7.17. The lowest BCUT2D eigenvalue weighted by Crippen LogP contribution is -2.23. The Morgan fingerprint density at radius 1 is 1.14 bits per heavy atom. The van der Waals surface area contributed by atoms with Gasteiger partial charge in [-0.2, -0.15) is 0 Å². The lowest BCUT2D eigenvalue weighted by atomic mass is 10.1. The third kappa shape index (κ3) is 2.73. The van der Waals surface area contributed by atoms with E-state index in [0.29, 0.717) is 22.3 Å². The molecule has 5 nitrogen and oxygen atoms in total. The molecule has 0 aliphatic rings.